The first-order valence-corrected chi connectivity index (χ1v) is 11.1. The maximum absolute atomic E-state index is 13.0. The average molecular weight is 421 g/mol. The van der Waals surface area contributed by atoms with Crippen molar-refractivity contribution in [3.8, 4) is 11.5 Å². The zero-order chi connectivity index (χ0) is 21.6. The lowest BCUT2D eigenvalue weighted by Crippen LogP contribution is -2.48. The van der Waals surface area contributed by atoms with Gasteiger partial charge in [-0.25, -0.2) is 8.42 Å². The second-order valence-corrected chi connectivity index (χ2v) is 8.53. The minimum atomic E-state index is -3.69. The smallest absolute Gasteiger partial charge is 0.246 e. The van der Waals surface area contributed by atoms with Gasteiger partial charge in [-0.3, -0.25) is 9.10 Å². The van der Waals surface area contributed by atoms with Gasteiger partial charge in [-0.1, -0.05) is 18.2 Å². The van der Waals surface area contributed by atoms with E-state index in [-0.39, 0.29) is 5.91 Å². The molecule has 0 heterocycles. The number of carbonyl (C=O) groups is 1. The Morgan fingerprint density at radius 2 is 1.72 bits per heavy atom. The number of methoxy groups -OCH3 is 1. The molecule has 7 nitrogen and oxygen atoms in total. The molecule has 2 aromatic carbocycles. The molecule has 2 aromatic rings. The fourth-order valence-corrected chi connectivity index (χ4v) is 4.31. The van der Waals surface area contributed by atoms with Crippen LogP contribution in [0.3, 0.4) is 0 Å². The van der Waals surface area contributed by atoms with Gasteiger partial charge >= 0.3 is 0 Å². The zero-order valence-corrected chi connectivity index (χ0v) is 18.3. The molecule has 0 radical (unpaired) electrons. The summed E-state index contributed by atoms with van der Waals surface area (Å²) in [5.74, 6) is 0.985. The maximum atomic E-state index is 13.0. The number of sulfonamides is 1. The predicted molar refractivity (Wildman–Crippen MR) is 114 cm³/mol. The fourth-order valence-electron chi connectivity index (χ4n) is 3.14. The molecule has 0 aliphatic carbocycles. The highest BCUT2D eigenvalue weighted by atomic mass is 32.2. The average Bonchev–Trinajstić information content (AvgIpc) is 2.68. The maximum Gasteiger partial charge on any atom is 0.246 e. The van der Waals surface area contributed by atoms with E-state index in [0.29, 0.717) is 30.3 Å². The molecule has 0 saturated heterocycles. The molecule has 1 unspecified atom stereocenters. The van der Waals surface area contributed by atoms with Crippen LogP contribution in [0.2, 0.25) is 0 Å². The largest absolute Gasteiger partial charge is 0.496 e. The van der Waals surface area contributed by atoms with Crippen LogP contribution in [0.25, 0.3) is 0 Å². The number of carbonyl (C=O) groups excluding carboxylic acids is 1. The summed E-state index contributed by atoms with van der Waals surface area (Å²) in [4.78, 5) is 14.5. The summed E-state index contributed by atoms with van der Waals surface area (Å²) in [7, 11) is -0.473. The molecule has 0 spiro atoms. The van der Waals surface area contributed by atoms with Crippen LogP contribution in [0.15, 0.2) is 48.5 Å². The minimum absolute atomic E-state index is 0.300. The molecule has 8 heteroatoms. The normalized spacial score (nSPS) is 12.2. The van der Waals surface area contributed by atoms with Gasteiger partial charge in [-0.05, 0) is 44.2 Å². The predicted octanol–water partition coefficient (Wildman–Crippen LogP) is 2.91. The Hall–Kier alpha value is -2.74. The topological polar surface area (TPSA) is 76.2 Å². The molecule has 29 heavy (non-hydrogen) atoms. The molecule has 0 aromatic heterocycles. The summed E-state index contributed by atoms with van der Waals surface area (Å²) >= 11 is 0. The Morgan fingerprint density at radius 3 is 2.28 bits per heavy atom. The van der Waals surface area contributed by atoms with Gasteiger partial charge in [-0.2, -0.15) is 0 Å². The van der Waals surface area contributed by atoms with Crippen LogP contribution in [-0.2, 0) is 21.4 Å². The van der Waals surface area contributed by atoms with E-state index in [1.165, 1.54) is 4.90 Å². The molecule has 158 valence electrons. The number of rotatable bonds is 9. The number of amides is 1. The molecule has 1 amide bonds. The van der Waals surface area contributed by atoms with Gasteiger partial charge < -0.3 is 14.4 Å². The Kier molecular flexibility index (Phi) is 7.50. The summed E-state index contributed by atoms with van der Waals surface area (Å²) in [6.07, 6.45) is 1.09. The van der Waals surface area contributed by atoms with Crippen LogP contribution in [0.4, 0.5) is 5.69 Å². The Morgan fingerprint density at radius 1 is 1.10 bits per heavy atom. The first-order chi connectivity index (χ1) is 13.7. The number of benzene rings is 2. The van der Waals surface area contributed by atoms with Crippen LogP contribution >= 0.6 is 0 Å². The van der Waals surface area contributed by atoms with Crippen molar-refractivity contribution in [2.24, 2.45) is 0 Å². The number of hydrogen-bond acceptors (Lipinski definition) is 5. The lowest BCUT2D eigenvalue weighted by Gasteiger charge is -2.31. The number of ether oxygens (including phenoxy) is 2. The fraction of sp³-hybridized carbons (Fsp3) is 0.381. The second kappa shape index (κ2) is 9.65. The van der Waals surface area contributed by atoms with Crippen molar-refractivity contribution in [1.82, 2.24) is 4.90 Å². The van der Waals surface area contributed by atoms with Crippen molar-refractivity contribution >= 4 is 21.6 Å². The quantitative estimate of drug-likeness (QED) is 0.623. The summed E-state index contributed by atoms with van der Waals surface area (Å²) in [5, 5.41) is 0. The molecular formula is C21H28N2O5S. The van der Waals surface area contributed by atoms with Crippen LogP contribution in [0, 0.1) is 0 Å². The Balaban J connectivity index is 2.26. The van der Waals surface area contributed by atoms with E-state index in [0.717, 1.165) is 16.1 Å². The van der Waals surface area contributed by atoms with Crippen molar-refractivity contribution in [3.63, 3.8) is 0 Å². The Bertz CT molecular complexity index is 928. The second-order valence-electron chi connectivity index (χ2n) is 6.67. The molecule has 0 fully saturated rings. The van der Waals surface area contributed by atoms with Crippen molar-refractivity contribution in [2.75, 3.05) is 31.3 Å². The lowest BCUT2D eigenvalue weighted by molar-refractivity contribution is -0.131. The van der Waals surface area contributed by atoms with Crippen LogP contribution in [0.1, 0.15) is 19.4 Å². The Labute approximate surface area is 172 Å². The molecular weight excluding hydrogens is 392 g/mol. The van der Waals surface area contributed by atoms with Gasteiger partial charge in [0.1, 0.15) is 17.5 Å². The van der Waals surface area contributed by atoms with Gasteiger partial charge in [0.05, 0.1) is 25.7 Å². The monoisotopic (exact) mass is 420 g/mol. The van der Waals surface area contributed by atoms with E-state index >= 15 is 0 Å². The number of hydrogen-bond donors (Lipinski definition) is 0. The lowest BCUT2D eigenvalue weighted by atomic mass is 10.1. The van der Waals surface area contributed by atoms with Crippen molar-refractivity contribution in [1.29, 1.82) is 0 Å². The van der Waals surface area contributed by atoms with E-state index in [1.54, 1.807) is 45.3 Å². The molecule has 2 rings (SSSR count). The standard InChI is InChI=1S/C21H28N2O5S/c1-6-28-19-13-11-18(12-14-19)23(29(5,25)26)16(2)21(24)22(3)15-17-9-7-8-10-20(17)27-4/h7-14,16H,6,15H2,1-5H3. The zero-order valence-electron chi connectivity index (χ0n) is 17.5. The van der Waals surface area contributed by atoms with E-state index in [1.807, 2.05) is 31.2 Å². The van der Waals surface area contributed by atoms with Crippen molar-refractivity contribution in [3.05, 3.63) is 54.1 Å². The molecule has 0 N–H and O–H groups in total. The first-order valence-electron chi connectivity index (χ1n) is 9.28. The summed E-state index contributed by atoms with van der Waals surface area (Å²) in [6, 6.07) is 13.1. The molecule has 0 aliphatic rings. The third-order valence-corrected chi connectivity index (χ3v) is 5.69. The van der Waals surface area contributed by atoms with Crippen molar-refractivity contribution < 1.29 is 22.7 Å². The summed E-state index contributed by atoms with van der Waals surface area (Å²) in [5.41, 5.74) is 1.24. The van der Waals surface area contributed by atoms with E-state index in [2.05, 4.69) is 0 Å². The highest BCUT2D eigenvalue weighted by Gasteiger charge is 2.31. The summed E-state index contributed by atoms with van der Waals surface area (Å²) < 4.78 is 36.8. The molecule has 0 bridgehead atoms. The number of likely N-dealkylation sites (N-methyl/N-ethyl adjacent to an activating group) is 1. The van der Waals surface area contributed by atoms with Gasteiger partial charge in [0.15, 0.2) is 0 Å². The number of nitrogens with zero attached hydrogens (tertiary/aromatic N) is 2. The van der Waals surface area contributed by atoms with Gasteiger partial charge in [-0.15, -0.1) is 0 Å². The van der Waals surface area contributed by atoms with Crippen molar-refractivity contribution in [2.45, 2.75) is 26.4 Å². The van der Waals surface area contributed by atoms with E-state index < -0.39 is 16.1 Å². The molecule has 0 aliphatic heterocycles. The van der Waals surface area contributed by atoms with Crippen LogP contribution in [0.5, 0.6) is 11.5 Å². The van der Waals surface area contributed by atoms with Crippen LogP contribution < -0.4 is 13.8 Å². The molecule has 0 saturated carbocycles. The first kappa shape index (κ1) is 22.5. The SMILES string of the molecule is CCOc1ccc(N(C(C)C(=O)N(C)Cc2ccccc2OC)S(C)(=O)=O)cc1. The minimum Gasteiger partial charge on any atom is -0.496 e. The van der Waals surface area contributed by atoms with E-state index in [4.69, 9.17) is 9.47 Å². The van der Waals surface area contributed by atoms with Gasteiger partial charge in [0.2, 0.25) is 15.9 Å². The van der Waals surface area contributed by atoms with E-state index in [9.17, 15) is 13.2 Å². The van der Waals surface area contributed by atoms with Gasteiger partial charge in [0, 0.05) is 19.2 Å². The number of anilines is 1. The highest BCUT2D eigenvalue weighted by molar-refractivity contribution is 7.92. The molecule has 1 atom stereocenters. The highest BCUT2D eigenvalue weighted by Crippen LogP contribution is 2.25. The third-order valence-electron chi connectivity index (χ3n) is 4.44. The van der Waals surface area contributed by atoms with Crippen LogP contribution in [-0.4, -0.2) is 52.3 Å². The number of para-hydroxylation sites is 1. The summed E-state index contributed by atoms with van der Waals surface area (Å²) in [6.45, 7) is 4.26. The van der Waals surface area contributed by atoms with Gasteiger partial charge in [0.25, 0.3) is 0 Å². The third kappa shape index (κ3) is 5.63.